The minimum absolute atomic E-state index is 0.215. The second-order valence-corrected chi connectivity index (χ2v) is 5.06. The first-order chi connectivity index (χ1) is 9.22. The van der Waals surface area contributed by atoms with Crippen molar-refractivity contribution in [3.8, 4) is 0 Å². The second kappa shape index (κ2) is 6.56. The molecule has 0 aliphatic carbocycles. The summed E-state index contributed by atoms with van der Waals surface area (Å²) in [6.07, 6.45) is 6.10. The van der Waals surface area contributed by atoms with E-state index in [1.807, 2.05) is 0 Å². The number of hydrogen-bond acceptors (Lipinski definition) is 5. The Labute approximate surface area is 113 Å². The van der Waals surface area contributed by atoms with E-state index in [1.54, 1.807) is 0 Å². The number of nitrogens with two attached hydrogens (primary N) is 1. The van der Waals surface area contributed by atoms with Crippen molar-refractivity contribution in [3.05, 3.63) is 16.7 Å². The van der Waals surface area contributed by atoms with Gasteiger partial charge in [-0.1, -0.05) is 13.3 Å². The maximum Gasteiger partial charge on any atom is 0.276 e. The number of nitrogens with zero attached hydrogens (tertiary/aromatic N) is 2. The van der Waals surface area contributed by atoms with Crippen LogP contribution >= 0.6 is 0 Å². The molecule has 1 aromatic rings. The van der Waals surface area contributed by atoms with E-state index in [0.29, 0.717) is 11.9 Å². The summed E-state index contributed by atoms with van der Waals surface area (Å²) in [4.78, 5) is 20.4. The van der Waals surface area contributed by atoms with E-state index in [4.69, 9.17) is 5.73 Å². The highest BCUT2D eigenvalue weighted by Crippen LogP contribution is 2.18. The molecule has 1 aromatic heterocycles. The standard InChI is InChI=1S/C13H23N5O/c1-2-7-18(8-10-5-3-4-6-15-10)12-11(14)13(19)17-9-16-12/h9-10,15H,2-8,14H2,1H3,(H,16,17,19). The first kappa shape index (κ1) is 13.9. The van der Waals surface area contributed by atoms with Gasteiger partial charge in [0.25, 0.3) is 5.56 Å². The molecule has 0 amide bonds. The van der Waals surface area contributed by atoms with Crippen molar-refractivity contribution in [1.82, 2.24) is 15.3 Å². The zero-order chi connectivity index (χ0) is 13.7. The van der Waals surface area contributed by atoms with Crippen molar-refractivity contribution in [2.45, 2.75) is 38.6 Å². The van der Waals surface area contributed by atoms with Crippen LogP contribution in [0.1, 0.15) is 32.6 Å². The summed E-state index contributed by atoms with van der Waals surface area (Å²) >= 11 is 0. The molecule has 1 atom stereocenters. The molecule has 2 rings (SSSR count). The van der Waals surface area contributed by atoms with Gasteiger partial charge in [0.15, 0.2) is 5.82 Å². The van der Waals surface area contributed by atoms with Gasteiger partial charge in [-0.3, -0.25) is 4.79 Å². The normalized spacial score (nSPS) is 19.3. The fourth-order valence-electron chi connectivity index (χ4n) is 2.55. The van der Waals surface area contributed by atoms with Crippen molar-refractivity contribution in [2.24, 2.45) is 0 Å². The van der Waals surface area contributed by atoms with Crippen LogP contribution in [0.3, 0.4) is 0 Å². The molecule has 1 fully saturated rings. The van der Waals surface area contributed by atoms with Gasteiger partial charge >= 0.3 is 0 Å². The smallest absolute Gasteiger partial charge is 0.276 e. The minimum Gasteiger partial charge on any atom is -0.391 e. The Bertz CT molecular complexity index is 453. The summed E-state index contributed by atoms with van der Waals surface area (Å²) in [6.45, 7) is 4.90. The van der Waals surface area contributed by atoms with E-state index in [9.17, 15) is 4.79 Å². The second-order valence-electron chi connectivity index (χ2n) is 5.06. The number of hydrogen-bond donors (Lipinski definition) is 3. The average Bonchev–Trinajstić information content (AvgIpc) is 2.43. The van der Waals surface area contributed by atoms with Crippen molar-refractivity contribution < 1.29 is 0 Å². The molecule has 0 radical (unpaired) electrons. The molecule has 0 spiro atoms. The van der Waals surface area contributed by atoms with Gasteiger partial charge in [-0.15, -0.1) is 0 Å². The number of aromatic amines is 1. The van der Waals surface area contributed by atoms with Gasteiger partial charge in [-0.25, -0.2) is 4.98 Å². The topological polar surface area (TPSA) is 87.0 Å². The zero-order valence-corrected chi connectivity index (χ0v) is 11.5. The van der Waals surface area contributed by atoms with Crippen LogP contribution in [0.4, 0.5) is 11.5 Å². The predicted octanol–water partition coefficient (Wildman–Crippen LogP) is 0.711. The Balaban J connectivity index is 2.14. The fraction of sp³-hybridized carbons (Fsp3) is 0.692. The van der Waals surface area contributed by atoms with Crippen molar-refractivity contribution >= 4 is 11.5 Å². The Morgan fingerprint density at radius 3 is 3.05 bits per heavy atom. The van der Waals surface area contributed by atoms with Gasteiger partial charge in [0.2, 0.25) is 0 Å². The Hall–Kier alpha value is -1.56. The highest BCUT2D eigenvalue weighted by molar-refractivity contribution is 5.60. The molecule has 6 heteroatoms. The molecule has 0 bridgehead atoms. The number of anilines is 2. The number of nitrogen functional groups attached to an aromatic ring is 1. The van der Waals surface area contributed by atoms with Gasteiger partial charge in [0.1, 0.15) is 5.69 Å². The SMILES string of the molecule is CCCN(CC1CCCCN1)c1nc[nH]c(=O)c1N. The number of rotatable bonds is 5. The molecule has 2 heterocycles. The number of aromatic nitrogens is 2. The van der Waals surface area contributed by atoms with Crippen molar-refractivity contribution in [3.63, 3.8) is 0 Å². The summed E-state index contributed by atoms with van der Waals surface area (Å²) in [5.74, 6) is 0.609. The molecule has 6 nitrogen and oxygen atoms in total. The fourth-order valence-corrected chi connectivity index (χ4v) is 2.55. The number of H-pyrrole nitrogens is 1. The lowest BCUT2D eigenvalue weighted by Crippen LogP contribution is -2.44. The third-order valence-electron chi connectivity index (χ3n) is 3.51. The highest BCUT2D eigenvalue weighted by Gasteiger charge is 2.19. The molecule has 1 unspecified atom stereocenters. The Morgan fingerprint density at radius 2 is 2.37 bits per heavy atom. The third-order valence-corrected chi connectivity index (χ3v) is 3.51. The van der Waals surface area contributed by atoms with Crippen molar-refractivity contribution in [2.75, 3.05) is 30.3 Å². The molecule has 4 N–H and O–H groups in total. The minimum atomic E-state index is -0.261. The lowest BCUT2D eigenvalue weighted by molar-refractivity contribution is 0.398. The van der Waals surface area contributed by atoms with E-state index in [2.05, 4.69) is 27.1 Å². The van der Waals surface area contributed by atoms with Crippen LogP contribution in [-0.2, 0) is 0 Å². The van der Waals surface area contributed by atoms with Crippen LogP contribution < -0.4 is 21.5 Å². The molecular weight excluding hydrogens is 242 g/mol. The Kier molecular flexibility index (Phi) is 4.79. The summed E-state index contributed by atoms with van der Waals surface area (Å²) < 4.78 is 0. The van der Waals surface area contributed by atoms with Crippen LogP contribution in [0.15, 0.2) is 11.1 Å². The van der Waals surface area contributed by atoms with Gasteiger partial charge < -0.3 is 20.9 Å². The summed E-state index contributed by atoms with van der Waals surface area (Å²) in [6, 6.07) is 0.459. The zero-order valence-electron chi connectivity index (χ0n) is 11.5. The average molecular weight is 265 g/mol. The lowest BCUT2D eigenvalue weighted by atomic mass is 10.0. The molecule has 1 aliphatic rings. The van der Waals surface area contributed by atoms with Gasteiger partial charge in [0.05, 0.1) is 6.33 Å². The van der Waals surface area contributed by atoms with E-state index >= 15 is 0 Å². The first-order valence-corrected chi connectivity index (χ1v) is 7.04. The van der Waals surface area contributed by atoms with Crippen LogP contribution in [-0.4, -0.2) is 35.6 Å². The number of piperidine rings is 1. The number of nitrogens with one attached hydrogen (secondary N) is 2. The largest absolute Gasteiger partial charge is 0.391 e. The molecule has 0 aromatic carbocycles. The van der Waals surface area contributed by atoms with E-state index < -0.39 is 0 Å². The van der Waals surface area contributed by atoms with E-state index in [1.165, 1.54) is 25.6 Å². The van der Waals surface area contributed by atoms with E-state index in [-0.39, 0.29) is 11.2 Å². The molecule has 1 aliphatic heterocycles. The quantitative estimate of drug-likeness (QED) is 0.730. The first-order valence-electron chi connectivity index (χ1n) is 7.04. The van der Waals surface area contributed by atoms with Crippen molar-refractivity contribution in [1.29, 1.82) is 0 Å². The highest BCUT2D eigenvalue weighted by atomic mass is 16.1. The lowest BCUT2D eigenvalue weighted by Gasteiger charge is -2.31. The maximum absolute atomic E-state index is 11.6. The molecule has 0 saturated carbocycles. The monoisotopic (exact) mass is 265 g/mol. The van der Waals surface area contributed by atoms with Crippen LogP contribution in [0, 0.1) is 0 Å². The summed E-state index contributed by atoms with van der Waals surface area (Å²) in [5, 5.41) is 3.52. The van der Waals surface area contributed by atoms with Crippen LogP contribution in [0.5, 0.6) is 0 Å². The Morgan fingerprint density at radius 1 is 1.53 bits per heavy atom. The van der Waals surface area contributed by atoms with Crippen LogP contribution in [0.2, 0.25) is 0 Å². The predicted molar refractivity (Wildman–Crippen MR) is 77.4 cm³/mol. The summed E-state index contributed by atoms with van der Waals surface area (Å²) in [7, 11) is 0. The molecule has 106 valence electrons. The van der Waals surface area contributed by atoms with Gasteiger partial charge in [0, 0.05) is 19.1 Å². The van der Waals surface area contributed by atoms with E-state index in [0.717, 1.165) is 26.1 Å². The molecule has 1 saturated heterocycles. The van der Waals surface area contributed by atoms with Crippen LogP contribution in [0.25, 0.3) is 0 Å². The molecule has 19 heavy (non-hydrogen) atoms. The maximum atomic E-state index is 11.6. The van der Waals surface area contributed by atoms with Gasteiger partial charge in [-0.05, 0) is 25.8 Å². The van der Waals surface area contributed by atoms with Gasteiger partial charge in [-0.2, -0.15) is 0 Å². The molecular formula is C13H23N5O. The summed E-state index contributed by atoms with van der Waals surface area (Å²) in [5.41, 5.74) is 5.80. The third kappa shape index (κ3) is 3.47.